The zero-order valence-electron chi connectivity index (χ0n) is 19.3. The van der Waals surface area contributed by atoms with Crippen molar-refractivity contribution >= 4 is 5.69 Å². The van der Waals surface area contributed by atoms with Crippen molar-refractivity contribution in [1.82, 2.24) is 25.1 Å². The normalized spacial score (nSPS) is 20.3. The molecule has 2 aromatic carbocycles. The van der Waals surface area contributed by atoms with Crippen molar-refractivity contribution in [3.05, 3.63) is 70.8 Å². The Bertz CT molecular complexity index is 1070. The van der Waals surface area contributed by atoms with E-state index in [9.17, 15) is 4.39 Å². The predicted molar refractivity (Wildman–Crippen MR) is 125 cm³/mol. The van der Waals surface area contributed by atoms with Gasteiger partial charge in [0.15, 0.2) is 5.82 Å². The third-order valence-electron chi connectivity index (χ3n) is 6.99. The van der Waals surface area contributed by atoms with Crippen LogP contribution < -0.4 is 4.90 Å². The molecule has 0 aliphatic carbocycles. The molecule has 1 aromatic heterocycles. The first-order valence-electron chi connectivity index (χ1n) is 11.8. The Morgan fingerprint density at radius 2 is 1.85 bits per heavy atom. The third kappa shape index (κ3) is 4.63. The summed E-state index contributed by atoms with van der Waals surface area (Å²) in [6.07, 6.45) is 2.24. The number of nitrogens with zero attached hydrogens (tertiary/aromatic N) is 6. The summed E-state index contributed by atoms with van der Waals surface area (Å²) < 4.78 is 21.4. The van der Waals surface area contributed by atoms with Gasteiger partial charge in [-0.05, 0) is 72.0 Å². The molecule has 0 unspecified atom stereocenters. The quantitative estimate of drug-likeness (QED) is 0.573. The molecule has 0 bridgehead atoms. The first-order chi connectivity index (χ1) is 16.1. The predicted octanol–water partition coefficient (Wildman–Crippen LogP) is 3.52. The van der Waals surface area contributed by atoms with E-state index in [-0.39, 0.29) is 18.0 Å². The van der Waals surface area contributed by atoms with E-state index in [0.717, 1.165) is 57.0 Å². The van der Waals surface area contributed by atoms with Gasteiger partial charge in [-0.1, -0.05) is 24.3 Å². The van der Waals surface area contributed by atoms with E-state index in [1.807, 2.05) is 16.8 Å². The molecular formula is C25H31FN6O. The Balaban J connectivity index is 1.40. The number of hydrogen-bond acceptors (Lipinski definition) is 6. The van der Waals surface area contributed by atoms with Crippen molar-refractivity contribution in [3.63, 3.8) is 0 Å². The highest BCUT2D eigenvalue weighted by molar-refractivity contribution is 5.56. The van der Waals surface area contributed by atoms with Crippen LogP contribution in [0.5, 0.6) is 0 Å². The van der Waals surface area contributed by atoms with E-state index < -0.39 is 0 Å². The molecule has 2 fully saturated rings. The fourth-order valence-corrected chi connectivity index (χ4v) is 4.99. The number of anilines is 1. The molecule has 2 atom stereocenters. The largest absolute Gasteiger partial charge is 0.376 e. The minimum Gasteiger partial charge on any atom is -0.376 e. The maximum absolute atomic E-state index is 13.7. The SMILES string of the molecule is Cc1cccc(N2CCN([C@@H](c3ccc(F)cc3)c3nnnn3C[C@H]3CCCO3)CC2)c1C. The lowest BCUT2D eigenvalue weighted by Gasteiger charge is -2.40. The van der Waals surface area contributed by atoms with Crippen LogP contribution >= 0.6 is 0 Å². The lowest BCUT2D eigenvalue weighted by Crippen LogP contribution is -2.48. The van der Waals surface area contributed by atoms with Gasteiger partial charge in [0.2, 0.25) is 0 Å². The summed E-state index contributed by atoms with van der Waals surface area (Å²) in [6, 6.07) is 13.1. The number of benzene rings is 2. The van der Waals surface area contributed by atoms with Crippen molar-refractivity contribution < 1.29 is 9.13 Å². The van der Waals surface area contributed by atoms with Gasteiger partial charge < -0.3 is 9.64 Å². The molecule has 8 heteroatoms. The molecule has 5 rings (SSSR count). The summed E-state index contributed by atoms with van der Waals surface area (Å²) in [5.41, 5.74) is 4.95. The maximum Gasteiger partial charge on any atom is 0.173 e. The smallest absolute Gasteiger partial charge is 0.173 e. The third-order valence-corrected chi connectivity index (χ3v) is 6.99. The Morgan fingerprint density at radius 3 is 2.58 bits per heavy atom. The van der Waals surface area contributed by atoms with Crippen LogP contribution in [-0.2, 0) is 11.3 Å². The summed E-state index contributed by atoms with van der Waals surface area (Å²) in [5.74, 6) is 0.550. The van der Waals surface area contributed by atoms with Crippen LogP contribution in [0.4, 0.5) is 10.1 Å². The average Bonchev–Trinajstić information content (AvgIpc) is 3.51. The highest BCUT2D eigenvalue weighted by Gasteiger charge is 2.32. The number of hydrogen-bond donors (Lipinski definition) is 0. The first-order valence-corrected chi connectivity index (χ1v) is 11.8. The summed E-state index contributed by atoms with van der Waals surface area (Å²) in [6.45, 7) is 9.34. The second-order valence-electron chi connectivity index (χ2n) is 9.05. The number of piperazine rings is 1. The highest BCUT2D eigenvalue weighted by atomic mass is 19.1. The van der Waals surface area contributed by atoms with Crippen LogP contribution in [0.3, 0.4) is 0 Å². The fraction of sp³-hybridized carbons (Fsp3) is 0.480. The molecule has 3 heterocycles. The highest BCUT2D eigenvalue weighted by Crippen LogP contribution is 2.31. The molecule has 7 nitrogen and oxygen atoms in total. The van der Waals surface area contributed by atoms with E-state index in [0.29, 0.717) is 6.54 Å². The van der Waals surface area contributed by atoms with Crippen molar-refractivity contribution in [1.29, 1.82) is 0 Å². The molecule has 33 heavy (non-hydrogen) atoms. The van der Waals surface area contributed by atoms with E-state index in [4.69, 9.17) is 4.74 Å². The van der Waals surface area contributed by atoms with Crippen LogP contribution in [-0.4, -0.2) is 64.0 Å². The van der Waals surface area contributed by atoms with E-state index in [1.165, 1.54) is 28.9 Å². The summed E-state index contributed by atoms with van der Waals surface area (Å²) >= 11 is 0. The molecule has 0 saturated carbocycles. The van der Waals surface area contributed by atoms with Crippen LogP contribution in [0.1, 0.15) is 41.4 Å². The fourth-order valence-electron chi connectivity index (χ4n) is 4.99. The Morgan fingerprint density at radius 1 is 1.06 bits per heavy atom. The number of halogens is 1. The van der Waals surface area contributed by atoms with E-state index in [1.54, 1.807) is 0 Å². The molecule has 2 aliphatic heterocycles. The molecule has 2 saturated heterocycles. The summed E-state index contributed by atoms with van der Waals surface area (Å²) in [7, 11) is 0. The minimum absolute atomic E-state index is 0.136. The second-order valence-corrected chi connectivity index (χ2v) is 9.05. The first kappa shape index (κ1) is 22.0. The van der Waals surface area contributed by atoms with Crippen molar-refractivity contribution in [3.8, 4) is 0 Å². The Kier molecular flexibility index (Phi) is 6.37. The number of aromatic nitrogens is 4. The molecule has 0 N–H and O–H groups in total. The number of tetrazole rings is 1. The zero-order valence-corrected chi connectivity index (χ0v) is 19.3. The van der Waals surface area contributed by atoms with Gasteiger partial charge in [-0.25, -0.2) is 9.07 Å². The monoisotopic (exact) mass is 450 g/mol. The van der Waals surface area contributed by atoms with Crippen LogP contribution in [0.15, 0.2) is 42.5 Å². The van der Waals surface area contributed by atoms with Gasteiger partial charge in [-0.3, -0.25) is 4.90 Å². The summed E-state index contributed by atoms with van der Waals surface area (Å²) in [4.78, 5) is 4.86. The zero-order chi connectivity index (χ0) is 22.8. The molecule has 0 spiro atoms. The van der Waals surface area contributed by atoms with E-state index in [2.05, 4.69) is 57.4 Å². The molecule has 0 radical (unpaired) electrons. The van der Waals surface area contributed by atoms with Gasteiger partial charge >= 0.3 is 0 Å². The number of aryl methyl sites for hydroxylation is 1. The van der Waals surface area contributed by atoms with Gasteiger partial charge in [0.1, 0.15) is 5.82 Å². The van der Waals surface area contributed by atoms with Gasteiger partial charge in [-0.15, -0.1) is 5.10 Å². The van der Waals surface area contributed by atoms with Gasteiger partial charge in [0.05, 0.1) is 18.7 Å². The second kappa shape index (κ2) is 9.57. The van der Waals surface area contributed by atoms with Crippen LogP contribution in [0.2, 0.25) is 0 Å². The van der Waals surface area contributed by atoms with Crippen molar-refractivity contribution in [2.24, 2.45) is 0 Å². The standard InChI is InChI=1S/C25H31FN6O/c1-18-5-3-7-23(19(18)2)30-12-14-31(15-13-30)24(20-8-10-21(26)11-9-20)25-27-28-29-32(25)17-22-6-4-16-33-22/h3,5,7-11,22,24H,4,6,12-17H2,1-2H3/t22-,24+/m1/s1. The summed E-state index contributed by atoms with van der Waals surface area (Å²) in [5, 5.41) is 12.7. The molecule has 0 amide bonds. The molecule has 174 valence electrons. The van der Waals surface area contributed by atoms with Crippen LogP contribution in [0, 0.1) is 19.7 Å². The lowest BCUT2D eigenvalue weighted by atomic mass is 10.0. The topological polar surface area (TPSA) is 59.3 Å². The Labute approximate surface area is 194 Å². The van der Waals surface area contributed by atoms with Crippen LogP contribution in [0.25, 0.3) is 0 Å². The molecule has 2 aliphatic rings. The van der Waals surface area contributed by atoms with Crippen molar-refractivity contribution in [2.45, 2.75) is 45.4 Å². The molecule has 3 aromatic rings. The molecular weight excluding hydrogens is 419 g/mol. The van der Waals surface area contributed by atoms with E-state index >= 15 is 0 Å². The average molecular weight is 451 g/mol. The minimum atomic E-state index is -0.240. The van der Waals surface area contributed by atoms with Gasteiger partial charge in [0.25, 0.3) is 0 Å². The lowest BCUT2D eigenvalue weighted by molar-refractivity contribution is 0.0906. The van der Waals surface area contributed by atoms with Gasteiger partial charge in [-0.2, -0.15) is 0 Å². The van der Waals surface area contributed by atoms with Crippen molar-refractivity contribution in [2.75, 3.05) is 37.7 Å². The number of ether oxygens (including phenoxy) is 1. The van der Waals surface area contributed by atoms with Gasteiger partial charge in [0, 0.05) is 38.5 Å². The Hall–Kier alpha value is -2.84. The number of rotatable bonds is 6. The maximum atomic E-state index is 13.7.